The van der Waals surface area contributed by atoms with Gasteiger partial charge in [0.25, 0.3) is 0 Å². The predicted octanol–water partition coefficient (Wildman–Crippen LogP) is 2.16. The Labute approximate surface area is 75.2 Å². The summed E-state index contributed by atoms with van der Waals surface area (Å²) < 4.78 is 0. The Hall–Kier alpha value is 0.479. The quantitative estimate of drug-likeness (QED) is 0.664. The van der Waals surface area contributed by atoms with Crippen molar-refractivity contribution in [3.63, 3.8) is 0 Å². The molecule has 0 saturated heterocycles. The number of nitrogens with two attached hydrogens (primary N) is 1. The molecule has 2 heteroatoms. The maximum Gasteiger partial charge on any atom is 0 e. The van der Waals surface area contributed by atoms with Gasteiger partial charge in [-0.1, -0.05) is 33.1 Å². The molecule has 0 aromatic heterocycles. The molecule has 1 unspecified atom stereocenters. The molecule has 0 aliphatic rings. The van der Waals surface area contributed by atoms with Crippen molar-refractivity contribution >= 4 is 0 Å². The number of hydrogen-bond donors (Lipinski definition) is 1. The summed E-state index contributed by atoms with van der Waals surface area (Å²) >= 11 is 0. The molecule has 10 heavy (non-hydrogen) atoms. The van der Waals surface area contributed by atoms with E-state index in [0.717, 1.165) is 12.5 Å². The van der Waals surface area contributed by atoms with Gasteiger partial charge in [0.15, 0.2) is 0 Å². The van der Waals surface area contributed by atoms with Gasteiger partial charge in [-0.3, -0.25) is 0 Å². The van der Waals surface area contributed by atoms with Crippen LogP contribution in [0.5, 0.6) is 0 Å². The molecule has 67 valence electrons. The van der Waals surface area contributed by atoms with E-state index in [-0.39, 0.29) is 17.1 Å². The van der Waals surface area contributed by atoms with Crippen molar-refractivity contribution in [3.05, 3.63) is 0 Å². The van der Waals surface area contributed by atoms with Crippen molar-refractivity contribution in [3.8, 4) is 0 Å². The molecule has 0 fully saturated rings. The second-order valence-corrected chi connectivity index (χ2v) is 2.65. The summed E-state index contributed by atoms with van der Waals surface area (Å²) in [7, 11) is 0. The standard InChI is InChI=1S/C8H19N.Cu/c1-3-5-6-8(4-2)7-9;/h8H,3-7,9H2,1-2H3;. The van der Waals surface area contributed by atoms with Gasteiger partial charge in [0.1, 0.15) is 0 Å². The molecule has 0 bridgehead atoms. The zero-order valence-electron chi connectivity index (χ0n) is 6.99. The summed E-state index contributed by atoms with van der Waals surface area (Å²) in [6.07, 6.45) is 5.21. The molecule has 1 radical (unpaired) electrons. The topological polar surface area (TPSA) is 26.0 Å². The summed E-state index contributed by atoms with van der Waals surface area (Å²) in [5.41, 5.74) is 5.52. The smallest absolute Gasteiger partial charge is 0 e. The largest absolute Gasteiger partial charge is 0.330 e. The van der Waals surface area contributed by atoms with Crippen LogP contribution in [0.3, 0.4) is 0 Å². The third-order valence-corrected chi connectivity index (χ3v) is 1.88. The van der Waals surface area contributed by atoms with Crippen molar-refractivity contribution in [2.24, 2.45) is 11.7 Å². The van der Waals surface area contributed by atoms with Gasteiger partial charge in [-0.05, 0) is 18.9 Å². The summed E-state index contributed by atoms with van der Waals surface area (Å²) in [6.45, 7) is 5.31. The Morgan fingerprint density at radius 3 is 2.20 bits per heavy atom. The van der Waals surface area contributed by atoms with E-state index in [2.05, 4.69) is 13.8 Å². The van der Waals surface area contributed by atoms with E-state index in [1.165, 1.54) is 25.7 Å². The first-order valence-corrected chi connectivity index (χ1v) is 4.05. The van der Waals surface area contributed by atoms with Gasteiger partial charge in [-0.15, -0.1) is 0 Å². The molecule has 0 saturated carbocycles. The molecule has 0 aromatic carbocycles. The summed E-state index contributed by atoms with van der Waals surface area (Å²) in [6, 6.07) is 0. The van der Waals surface area contributed by atoms with E-state index in [0.29, 0.717) is 0 Å². The molecule has 0 rings (SSSR count). The van der Waals surface area contributed by atoms with Crippen LogP contribution in [0, 0.1) is 5.92 Å². The molecule has 2 N–H and O–H groups in total. The van der Waals surface area contributed by atoms with Crippen LogP contribution in [-0.4, -0.2) is 6.54 Å². The Bertz CT molecular complexity index is 53.2. The van der Waals surface area contributed by atoms with Crippen LogP contribution in [0.1, 0.15) is 39.5 Å². The van der Waals surface area contributed by atoms with E-state index >= 15 is 0 Å². The Morgan fingerprint density at radius 2 is 1.90 bits per heavy atom. The van der Waals surface area contributed by atoms with Crippen LogP contribution in [0.15, 0.2) is 0 Å². The zero-order valence-corrected chi connectivity index (χ0v) is 7.93. The maximum atomic E-state index is 5.52. The molecular formula is C8H19CuN. The minimum atomic E-state index is 0. The van der Waals surface area contributed by atoms with Crippen molar-refractivity contribution in [2.75, 3.05) is 6.54 Å². The second-order valence-electron chi connectivity index (χ2n) is 2.65. The summed E-state index contributed by atoms with van der Waals surface area (Å²) in [4.78, 5) is 0. The first-order valence-electron chi connectivity index (χ1n) is 4.05. The fraction of sp³-hybridized carbons (Fsp3) is 1.00. The van der Waals surface area contributed by atoms with Gasteiger partial charge in [0.2, 0.25) is 0 Å². The van der Waals surface area contributed by atoms with Crippen molar-refractivity contribution in [1.29, 1.82) is 0 Å². The van der Waals surface area contributed by atoms with Crippen molar-refractivity contribution in [2.45, 2.75) is 39.5 Å². The van der Waals surface area contributed by atoms with Gasteiger partial charge >= 0.3 is 0 Å². The average molecular weight is 193 g/mol. The van der Waals surface area contributed by atoms with E-state index < -0.39 is 0 Å². The van der Waals surface area contributed by atoms with Crippen LogP contribution in [0.2, 0.25) is 0 Å². The molecule has 0 aromatic rings. The zero-order chi connectivity index (χ0) is 7.11. The predicted molar refractivity (Wildman–Crippen MR) is 42.4 cm³/mol. The third-order valence-electron chi connectivity index (χ3n) is 1.88. The summed E-state index contributed by atoms with van der Waals surface area (Å²) in [5, 5.41) is 0. The van der Waals surface area contributed by atoms with E-state index in [9.17, 15) is 0 Å². The molecule has 0 spiro atoms. The normalized spacial score (nSPS) is 12.3. The first-order chi connectivity index (χ1) is 4.35. The monoisotopic (exact) mass is 192 g/mol. The van der Waals surface area contributed by atoms with E-state index in [4.69, 9.17) is 5.73 Å². The Kier molecular flexibility index (Phi) is 12.4. The minimum Gasteiger partial charge on any atom is -0.330 e. The fourth-order valence-corrected chi connectivity index (χ4v) is 0.981. The molecular weight excluding hydrogens is 174 g/mol. The molecule has 0 aliphatic carbocycles. The average Bonchev–Trinajstić information content (AvgIpc) is 1.91. The third kappa shape index (κ3) is 6.60. The van der Waals surface area contributed by atoms with Gasteiger partial charge in [0.05, 0.1) is 0 Å². The number of rotatable bonds is 5. The Balaban J connectivity index is 0. The van der Waals surface area contributed by atoms with Gasteiger partial charge in [-0.25, -0.2) is 0 Å². The fourth-order valence-electron chi connectivity index (χ4n) is 0.981. The van der Waals surface area contributed by atoms with Crippen molar-refractivity contribution in [1.82, 2.24) is 0 Å². The molecule has 0 amide bonds. The maximum absolute atomic E-state index is 5.52. The van der Waals surface area contributed by atoms with Gasteiger partial charge < -0.3 is 5.73 Å². The minimum absolute atomic E-state index is 0. The molecule has 0 heterocycles. The van der Waals surface area contributed by atoms with Gasteiger partial charge in [0, 0.05) is 17.1 Å². The van der Waals surface area contributed by atoms with E-state index in [1.54, 1.807) is 0 Å². The molecule has 1 nitrogen and oxygen atoms in total. The van der Waals surface area contributed by atoms with Crippen molar-refractivity contribution < 1.29 is 17.1 Å². The number of hydrogen-bond acceptors (Lipinski definition) is 1. The van der Waals surface area contributed by atoms with Crippen LogP contribution >= 0.6 is 0 Å². The second kappa shape index (κ2) is 9.48. The van der Waals surface area contributed by atoms with Crippen LogP contribution < -0.4 is 5.73 Å². The summed E-state index contributed by atoms with van der Waals surface area (Å²) in [5.74, 6) is 0.782. The van der Waals surface area contributed by atoms with E-state index in [1.807, 2.05) is 0 Å². The Morgan fingerprint density at radius 1 is 1.30 bits per heavy atom. The van der Waals surface area contributed by atoms with Crippen LogP contribution in [0.25, 0.3) is 0 Å². The first kappa shape index (κ1) is 13.1. The molecule has 0 aliphatic heterocycles. The van der Waals surface area contributed by atoms with Crippen LogP contribution in [0.4, 0.5) is 0 Å². The molecule has 1 atom stereocenters. The number of unbranched alkanes of at least 4 members (excludes halogenated alkanes) is 1. The van der Waals surface area contributed by atoms with Gasteiger partial charge in [-0.2, -0.15) is 0 Å². The SMILES string of the molecule is CCCCC(CC)CN.[Cu]. The van der Waals surface area contributed by atoms with Crippen LogP contribution in [-0.2, 0) is 17.1 Å².